The lowest BCUT2D eigenvalue weighted by molar-refractivity contribution is 0.0697. The zero-order chi connectivity index (χ0) is 14.7. The van der Waals surface area contributed by atoms with E-state index in [-0.39, 0.29) is 10.7 Å². The van der Waals surface area contributed by atoms with Crippen LogP contribution < -0.4 is 5.32 Å². The molecule has 2 aromatic rings. The molecular formula is C13H15ClN4O2. The lowest BCUT2D eigenvalue weighted by atomic mass is 10.2. The van der Waals surface area contributed by atoms with Crippen LogP contribution >= 0.6 is 11.6 Å². The number of carboxylic acids is 1. The van der Waals surface area contributed by atoms with Crippen molar-refractivity contribution in [2.75, 3.05) is 5.32 Å². The molecule has 0 atom stereocenters. The summed E-state index contributed by atoms with van der Waals surface area (Å²) in [6, 6.07) is 2.77. The normalized spacial score (nSPS) is 10.6. The van der Waals surface area contributed by atoms with Gasteiger partial charge in [-0.3, -0.25) is 4.68 Å². The molecule has 0 saturated heterocycles. The molecule has 0 spiro atoms. The van der Waals surface area contributed by atoms with Crippen molar-refractivity contribution < 1.29 is 9.90 Å². The maximum Gasteiger partial charge on any atom is 0.335 e. The maximum absolute atomic E-state index is 11.0. The number of halogens is 1. The van der Waals surface area contributed by atoms with Crippen molar-refractivity contribution in [3.05, 3.63) is 40.3 Å². The summed E-state index contributed by atoms with van der Waals surface area (Å²) in [5.74, 6) is -0.603. The van der Waals surface area contributed by atoms with E-state index in [1.807, 2.05) is 20.2 Å². The van der Waals surface area contributed by atoms with Gasteiger partial charge in [0.05, 0.1) is 11.3 Å². The van der Waals surface area contributed by atoms with Gasteiger partial charge in [-0.05, 0) is 18.6 Å². The van der Waals surface area contributed by atoms with E-state index in [0.29, 0.717) is 12.4 Å². The number of hydrogen-bond acceptors (Lipinski definition) is 4. The molecule has 0 aliphatic rings. The summed E-state index contributed by atoms with van der Waals surface area (Å²) in [5, 5.41) is 16.5. The van der Waals surface area contributed by atoms with Gasteiger partial charge in [0.1, 0.15) is 11.0 Å². The zero-order valence-electron chi connectivity index (χ0n) is 11.2. The molecule has 2 rings (SSSR count). The lowest BCUT2D eigenvalue weighted by Gasteiger charge is -2.06. The molecule has 0 unspecified atom stereocenters. The first-order chi connectivity index (χ1) is 9.49. The van der Waals surface area contributed by atoms with Crippen LogP contribution in [0.5, 0.6) is 0 Å². The minimum Gasteiger partial charge on any atom is -0.478 e. The Kier molecular flexibility index (Phi) is 4.24. The highest BCUT2D eigenvalue weighted by atomic mass is 35.5. The summed E-state index contributed by atoms with van der Waals surface area (Å²) in [7, 11) is 1.86. The van der Waals surface area contributed by atoms with E-state index in [1.54, 1.807) is 4.68 Å². The number of rotatable bonds is 5. The molecule has 20 heavy (non-hydrogen) atoms. The molecule has 0 aromatic carbocycles. The van der Waals surface area contributed by atoms with Crippen molar-refractivity contribution in [1.82, 2.24) is 14.8 Å². The Morgan fingerprint density at radius 2 is 2.25 bits per heavy atom. The second-order valence-electron chi connectivity index (χ2n) is 4.35. The van der Waals surface area contributed by atoms with Crippen LogP contribution in [-0.2, 0) is 20.0 Å². The summed E-state index contributed by atoms with van der Waals surface area (Å²) < 4.78 is 1.75. The Morgan fingerprint density at radius 1 is 1.50 bits per heavy atom. The van der Waals surface area contributed by atoms with Crippen LogP contribution in [0.4, 0.5) is 5.82 Å². The van der Waals surface area contributed by atoms with Crippen molar-refractivity contribution in [3.8, 4) is 0 Å². The monoisotopic (exact) mass is 294 g/mol. The number of aryl methyl sites for hydroxylation is 2. The van der Waals surface area contributed by atoms with Crippen molar-refractivity contribution in [2.45, 2.75) is 19.9 Å². The number of carboxylic acid groups (broad SMARTS) is 1. The fourth-order valence-corrected chi connectivity index (χ4v) is 2.13. The lowest BCUT2D eigenvalue weighted by Crippen LogP contribution is -2.05. The van der Waals surface area contributed by atoms with E-state index in [9.17, 15) is 4.79 Å². The summed E-state index contributed by atoms with van der Waals surface area (Å²) in [5.41, 5.74) is 2.16. The molecule has 0 aliphatic carbocycles. The minimum atomic E-state index is -1.03. The predicted octanol–water partition coefficient (Wildman–Crippen LogP) is 2.34. The third kappa shape index (κ3) is 3.27. The molecule has 7 heteroatoms. The first-order valence-electron chi connectivity index (χ1n) is 6.15. The topological polar surface area (TPSA) is 80.0 Å². The highest BCUT2D eigenvalue weighted by molar-refractivity contribution is 6.29. The first kappa shape index (κ1) is 14.3. The highest BCUT2D eigenvalue weighted by Crippen LogP contribution is 2.16. The van der Waals surface area contributed by atoms with Gasteiger partial charge in [-0.2, -0.15) is 5.10 Å². The van der Waals surface area contributed by atoms with Crippen LogP contribution in [-0.4, -0.2) is 25.8 Å². The number of nitrogens with one attached hydrogen (secondary N) is 1. The van der Waals surface area contributed by atoms with E-state index in [0.717, 1.165) is 17.7 Å². The van der Waals surface area contributed by atoms with Gasteiger partial charge in [0, 0.05) is 25.4 Å². The van der Waals surface area contributed by atoms with Crippen LogP contribution in [0.25, 0.3) is 0 Å². The molecule has 2 N–H and O–H groups in total. The van der Waals surface area contributed by atoms with Gasteiger partial charge in [0.15, 0.2) is 0 Å². The molecule has 2 heterocycles. The van der Waals surface area contributed by atoms with Crippen LogP contribution in [0.15, 0.2) is 18.3 Å². The number of aromatic carboxylic acids is 1. The SMILES string of the molecule is CCc1nn(C)cc1CNc1cc(C(=O)O)cc(Cl)n1. The smallest absolute Gasteiger partial charge is 0.335 e. The molecule has 0 amide bonds. The van der Waals surface area contributed by atoms with E-state index in [2.05, 4.69) is 15.4 Å². The van der Waals surface area contributed by atoms with E-state index >= 15 is 0 Å². The molecule has 106 valence electrons. The Labute approximate surface area is 121 Å². The fraction of sp³-hybridized carbons (Fsp3) is 0.308. The van der Waals surface area contributed by atoms with Crippen molar-refractivity contribution in [3.63, 3.8) is 0 Å². The number of aromatic nitrogens is 3. The predicted molar refractivity (Wildman–Crippen MR) is 76.1 cm³/mol. The number of anilines is 1. The molecule has 0 saturated carbocycles. The number of hydrogen-bond donors (Lipinski definition) is 2. The van der Waals surface area contributed by atoms with Gasteiger partial charge in [0.2, 0.25) is 0 Å². The average molecular weight is 295 g/mol. The first-order valence-corrected chi connectivity index (χ1v) is 6.53. The number of nitrogens with zero attached hydrogens (tertiary/aromatic N) is 3. The molecule has 0 fully saturated rings. The zero-order valence-corrected chi connectivity index (χ0v) is 12.0. The standard InChI is InChI=1S/C13H15ClN4O2/c1-3-10-9(7-18(2)17-10)6-15-12-5-8(13(19)20)4-11(14)16-12/h4-5,7H,3,6H2,1-2H3,(H,15,16)(H,19,20). The third-order valence-electron chi connectivity index (χ3n) is 2.83. The van der Waals surface area contributed by atoms with E-state index in [1.165, 1.54) is 12.1 Å². The van der Waals surface area contributed by atoms with Gasteiger partial charge in [-0.15, -0.1) is 0 Å². The maximum atomic E-state index is 11.0. The quantitative estimate of drug-likeness (QED) is 0.827. The van der Waals surface area contributed by atoms with Gasteiger partial charge >= 0.3 is 5.97 Å². The van der Waals surface area contributed by atoms with Gasteiger partial charge in [-0.25, -0.2) is 9.78 Å². The third-order valence-corrected chi connectivity index (χ3v) is 3.02. The van der Waals surface area contributed by atoms with Crippen molar-refractivity contribution in [2.24, 2.45) is 7.05 Å². The Balaban J connectivity index is 2.16. The fourth-order valence-electron chi connectivity index (χ4n) is 1.93. The van der Waals surface area contributed by atoms with Gasteiger partial charge in [0.25, 0.3) is 0 Å². The second kappa shape index (κ2) is 5.92. The Morgan fingerprint density at radius 3 is 2.90 bits per heavy atom. The Hall–Kier alpha value is -2.08. The van der Waals surface area contributed by atoms with Crippen LogP contribution in [0.3, 0.4) is 0 Å². The summed E-state index contributed by atoms with van der Waals surface area (Å²) in [6.07, 6.45) is 2.76. The second-order valence-corrected chi connectivity index (χ2v) is 4.74. The Bertz CT molecular complexity index is 639. The number of pyridine rings is 1. The van der Waals surface area contributed by atoms with Crippen LogP contribution in [0.1, 0.15) is 28.5 Å². The summed E-state index contributed by atoms with van der Waals surface area (Å²) >= 11 is 5.81. The van der Waals surface area contributed by atoms with E-state index in [4.69, 9.17) is 16.7 Å². The molecule has 0 bridgehead atoms. The average Bonchev–Trinajstić information content (AvgIpc) is 2.76. The van der Waals surface area contributed by atoms with Crippen molar-refractivity contribution >= 4 is 23.4 Å². The van der Waals surface area contributed by atoms with Gasteiger partial charge in [-0.1, -0.05) is 18.5 Å². The summed E-state index contributed by atoms with van der Waals surface area (Å²) in [4.78, 5) is 15.0. The highest BCUT2D eigenvalue weighted by Gasteiger charge is 2.09. The van der Waals surface area contributed by atoms with Crippen LogP contribution in [0, 0.1) is 0 Å². The minimum absolute atomic E-state index is 0.106. The molecule has 0 radical (unpaired) electrons. The number of carbonyl (C=O) groups is 1. The van der Waals surface area contributed by atoms with Crippen LogP contribution in [0.2, 0.25) is 5.15 Å². The largest absolute Gasteiger partial charge is 0.478 e. The summed E-state index contributed by atoms with van der Waals surface area (Å²) in [6.45, 7) is 2.55. The molecule has 0 aliphatic heterocycles. The molecular weight excluding hydrogens is 280 g/mol. The van der Waals surface area contributed by atoms with Gasteiger partial charge < -0.3 is 10.4 Å². The van der Waals surface area contributed by atoms with Crippen molar-refractivity contribution in [1.29, 1.82) is 0 Å². The van der Waals surface area contributed by atoms with E-state index < -0.39 is 5.97 Å². The molecule has 2 aromatic heterocycles. The molecule has 6 nitrogen and oxygen atoms in total.